The van der Waals surface area contributed by atoms with Gasteiger partial charge < -0.3 is 15.2 Å². The van der Waals surface area contributed by atoms with Crippen molar-refractivity contribution in [2.45, 2.75) is 70.3 Å². The fourth-order valence-electron chi connectivity index (χ4n) is 4.20. The van der Waals surface area contributed by atoms with Crippen molar-refractivity contribution in [3.63, 3.8) is 0 Å². The third-order valence-electron chi connectivity index (χ3n) is 5.38. The highest BCUT2D eigenvalue weighted by atomic mass is 16.5. The molecule has 0 spiro atoms. The first-order chi connectivity index (χ1) is 10.2. The van der Waals surface area contributed by atoms with Crippen molar-refractivity contribution in [3.8, 4) is 0 Å². The maximum Gasteiger partial charge on any atom is 0.324 e. The van der Waals surface area contributed by atoms with E-state index in [1.807, 2.05) is 6.92 Å². The molecule has 21 heavy (non-hydrogen) atoms. The van der Waals surface area contributed by atoms with Gasteiger partial charge in [0.05, 0.1) is 0 Å². The Labute approximate surface area is 128 Å². The zero-order valence-electron chi connectivity index (χ0n) is 13.4. The Morgan fingerprint density at radius 1 is 1.24 bits per heavy atom. The average molecular weight is 297 g/mol. The molecule has 0 radical (unpaired) electrons. The summed E-state index contributed by atoms with van der Waals surface area (Å²) in [5.41, 5.74) is -0.705. The van der Waals surface area contributed by atoms with Gasteiger partial charge in [-0.2, -0.15) is 0 Å². The number of ether oxygens (including phenoxy) is 1. The minimum absolute atomic E-state index is 0.210. The van der Waals surface area contributed by atoms with Crippen molar-refractivity contribution in [2.24, 2.45) is 11.8 Å². The largest absolute Gasteiger partial charge is 0.480 e. The normalized spacial score (nSPS) is 30.6. The Bertz CT molecular complexity index is 328. The summed E-state index contributed by atoms with van der Waals surface area (Å²) in [5, 5.41) is 12.9. The molecule has 0 saturated heterocycles. The topological polar surface area (TPSA) is 58.6 Å². The summed E-state index contributed by atoms with van der Waals surface area (Å²) in [4.78, 5) is 11.7. The molecule has 2 fully saturated rings. The molecule has 2 unspecified atom stereocenters. The SMILES string of the molecule is CCNC1(C(=O)O)CCCC1CCOCC1CCCCC1. The first kappa shape index (κ1) is 16.8. The van der Waals surface area contributed by atoms with E-state index in [0.29, 0.717) is 13.2 Å². The van der Waals surface area contributed by atoms with Gasteiger partial charge in [0.2, 0.25) is 0 Å². The number of aliphatic carboxylic acids is 1. The van der Waals surface area contributed by atoms with Gasteiger partial charge in [-0.1, -0.05) is 32.6 Å². The molecule has 2 rings (SSSR count). The molecule has 2 N–H and O–H groups in total. The smallest absolute Gasteiger partial charge is 0.324 e. The van der Waals surface area contributed by atoms with Gasteiger partial charge in [-0.25, -0.2) is 0 Å². The van der Waals surface area contributed by atoms with E-state index in [1.54, 1.807) is 0 Å². The lowest BCUT2D eigenvalue weighted by Gasteiger charge is -2.32. The van der Waals surface area contributed by atoms with Crippen LogP contribution in [0.15, 0.2) is 0 Å². The molecule has 4 heteroatoms. The van der Waals surface area contributed by atoms with Crippen LogP contribution in [-0.2, 0) is 9.53 Å². The Kier molecular flexibility index (Phi) is 6.49. The maximum absolute atomic E-state index is 11.7. The van der Waals surface area contributed by atoms with E-state index < -0.39 is 11.5 Å². The first-order valence-electron chi connectivity index (χ1n) is 8.75. The quantitative estimate of drug-likeness (QED) is 0.675. The maximum atomic E-state index is 11.7. The van der Waals surface area contributed by atoms with Gasteiger partial charge in [0.15, 0.2) is 0 Å². The lowest BCUT2D eigenvalue weighted by atomic mass is 9.84. The van der Waals surface area contributed by atoms with Crippen molar-refractivity contribution in [1.29, 1.82) is 0 Å². The first-order valence-corrected chi connectivity index (χ1v) is 8.75. The number of hydrogen-bond donors (Lipinski definition) is 2. The standard InChI is InChI=1S/C17H31NO3/c1-2-18-17(16(19)20)11-6-9-15(17)10-12-21-13-14-7-4-3-5-8-14/h14-15,18H,2-13H2,1H3,(H,19,20). The number of carbonyl (C=O) groups is 1. The summed E-state index contributed by atoms with van der Waals surface area (Å²) >= 11 is 0. The number of hydrogen-bond acceptors (Lipinski definition) is 3. The predicted octanol–water partition coefficient (Wildman–Crippen LogP) is 3.21. The molecular weight excluding hydrogens is 266 g/mol. The van der Waals surface area contributed by atoms with Crippen LogP contribution in [0.2, 0.25) is 0 Å². The highest BCUT2D eigenvalue weighted by Crippen LogP contribution is 2.38. The van der Waals surface area contributed by atoms with E-state index in [9.17, 15) is 9.90 Å². The summed E-state index contributed by atoms with van der Waals surface area (Å²) in [6.45, 7) is 4.28. The van der Waals surface area contributed by atoms with Gasteiger partial charge in [-0.05, 0) is 50.5 Å². The second-order valence-electron chi connectivity index (χ2n) is 6.76. The second kappa shape index (κ2) is 8.14. The molecule has 2 aliphatic rings. The Morgan fingerprint density at radius 3 is 2.67 bits per heavy atom. The number of carboxylic acids is 1. The summed E-state index contributed by atoms with van der Waals surface area (Å²) in [6, 6.07) is 0. The highest BCUT2D eigenvalue weighted by Gasteiger charge is 2.48. The molecule has 0 aliphatic heterocycles. The molecule has 0 aromatic carbocycles. The van der Waals surface area contributed by atoms with Gasteiger partial charge in [0.25, 0.3) is 0 Å². The van der Waals surface area contributed by atoms with Crippen LogP contribution in [0.3, 0.4) is 0 Å². The van der Waals surface area contributed by atoms with Gasteiger partial charge in [-0.15, -0.1) is 0 Å². The van der Waals surface area contributed by atoms with Gasteiger partial charge in [-0.3, -0.25) is 4.79 Å². The number of likely N-dealkylation sites (N-methyl/N-ethyl adjacent to an activating group) is 1. The number of carboxylic acid groups (broad SMARTS) is 1. The van der Waals surface area contributed by atoms with E-state index in [1.165, 1.54) is 32.1 Å². The Balaban J connectivity index is 1.74. The summed E-state index contributed by atoms with van der Waals surface area (Å²) in [5.74, 6) is 0.265. The van der Waals surface area contributed by atoms with E-state index in [0.717, 1.165) is 38.2 Å². The lowest BCUT2D eigenvalue weighted by molar-refractivity contribution is -0.147. The van der Waals surface area contributed by atoms with Gasteiger partial charge in [0, 0.05) is 13.2 Å². The molecule has 0 aromatic heterocycles. The third-order valence-corrected chi connectivity index (χ3v) is 5.38. The summed E-state index contributed by atoms with van der Waals surface area (Å²) < 4.78 is 5.87. The van der Waals surface area contributed by atoms with E-state index in [2.05, 4.69) is 5.32 Å². The molecule has 0 heterocycles. The van der Waals surface area contributed by atoms with Crippen molar-refractivity contribution in [3.05, 3.63) is 0 Å². The van der Waals surface area contributed by atoms with Gasteiger partial charge >= 0.3 is 5.97 Å². The monoisotopic (exact) mass is 297 g/mol. The highest BCUT2D eigenvalue weighted by molar-refractivity contribution is 5.79. The van der Waals surface area contributed by atoms with Gasteiger partial charge in [0.1, 0.15) is 5.54 Å². The molecule has 0 amide bonds. The van der Waals surface area contributed by atoms with Crippen LogP contribution < -0.4 is 5.32 Å². The zero-order chi connectivity index (χ0) is 15.1. The minimum atomic E-state index is -0.705. The summed E-state index contributed by atoms with van der Waals surface area (Å²) in [6.07, 6.45) is 10.3. The molecule has 2 aliphatic carbocycles. The van der Waals surface area contributed by atoms with Crippen molar-refractivity contribution >= 4 is 5.97 Å². The zero-order valence-corrected chi connectivity index (χ0v) is 13.4. The van der Waals surface area contributed by atoms with Crippen molar-refractivity contribution < 1.29 is 14.6 Å². The van der Waals surface area contributed by atoms with Crippen LogP contribution in [0.25, 0.3) is 0 Å². The van der Waals surface area contributed by atoms with Crippen LogP contribution >= 0.6 is 0 Å². The predicted molar refractivity (Wildman–Crippen MR) is 83.4 cm³/mol. The molecule has 0 aromatic rings. The van der Waals surface area contributed by atoms with Crippen LogP contribution in [0.5, 0.6) is 0 Å². The second-order valence-corrected chi connectivity index (χ2v) is 6.76. The fourth-order valence-corrected chi connectivity index (χ4v) is 4.20. The van der Waals surface area contributed by atoms with Crippen LogP contribution in [-0.4, -0.2) is 36.4 Å². The fraction of sp³-hybridized carbons (Fsp3) is 0.941. The Hall–Kier alpha value is -0.610. The van der Waals surface area contributed by atoms with Crippen molar-refractivity contribution in [1.82, 2.24) is 5.32 Å². The molecule has 0 bridgehead atoms. The van der Waals surface area contributed by atoms with Crippen molar-refractivity contribution in [2.75, 3.05) is 19.8 Å². The molecular formula is C17H31NO3. The lowest BCUT2D eigenvalue weighted by Crippen LogP contribution is -2.54. The van der Waals surface area contributed by atoms with Crippen LogP contribution in [0.4, 0.5) is 0 Å². The van der Waals surface area contributed by atoms with E-state index in [4.69, 9.17) is 4.74 Å². The molecule has 2 saturated carbocycles. The third kappa shape index (κ3) is 4.19. The Morgan fingerprint density at radius 2 is 2.00 bits per heavy atom. The number of rotatable bonds is 8. The number of nitrogens with one attached hydrogen (secondary N) is 1. The molecule has 122 valence electrons. The molecule has 4 nitrogen and oxygen atoms in total. The van der Waals surface area contributed by atoms with E-state index >= 15 is 0 Å². The average Bonchev–Trinajstić information content (AvgIpc) is 2.89. The molecule has 2 atom stereocenters. The minimum Gasteiger partial charge on any atom is -0.480 e. The van der Waals surface area contributed by atoms with E-state index in [-0.39, 0.29) is 5.92 Å². The van der Waals surface area contributed by atoms with Crippen LogP contribution in [0, 0.1) is 11.8 Å². The summed E-state index contributed by atoms with van der Waals surface area (Å²) in [7, 11) is 0. The van der Waals surface area contributed by atoms with Crippen LogP contribution in [0.1, 0.15) is 64.7 Å².